The molecule has 2 heterocycles. The van der Waals surface area contributed by atoms with Crippen molar-refractivity contribution in [2.75, 3.05) is 18.5 Å². The highest BCUT2D eigenvalue weighted by Crippen LogP contribution is 2.19. The summed E-state index contributed by atoms with van der Waals surface area (Å²) in [6, 6.07) is 11.6. The third-order valence-corrected chi connectivity index (χ3v) is 4.49. The van der Waals surface area contributed by atoms with Gasteiger partial charge in [0, 0.05) is 18.8 Å². The molecule has 1 saturated heterocycles. The van der Waals surface area contributed by atoms with Gasteiger partial charge in [-0.05, 0) is 48.6 Å². The molecule has 0 spiro atoms. The molecule has 2 aromatic rings. The van der Waals surface area contributed by atoms with Gasteiger partial charge in [-0.25, -0.2) is 4.79 Å². The molecule has 134 valence electrons. The van der Waals surface area contributed by atoms with Crippen molar-refractivity contribution in [3.63, 3.8) is 0 Å². The Labute approximate surface area is 149 Å². The molecule has 2 amide bonds. The number of urea groups is 1. The van der Waals surface area contributed by atoms with Crippen molar-refractivity contribution in [1.29, 1.82) is 0 Å². The molecule has 1 aromatic carbocycles. The van der Waals surface area contributed by atoms with Crippen LogP contribution in [0.3, 0.4) is 0 Å². The van der Waals surface area contributed by atoms with Crippen molar-refractivity contribution in [3.8, 4) is 0 Å². The number of furan rings is 1. The first-order valence-electron chi connectivity index (χ1n) is 8.91. The summed E-state index contributed by atoms with van der Waals surface area (Å²) in [5, 5.41) is 2.98. The summed E-state index contributed by atoms with van der Waals surface area (Å²) in [6.07, 6.45) is 3.77. The van der Waals surface area contributed by atoms with E-state index in [1.807, 2.05) is 24.3 Å². The van der Waals surface area contributed by atoms with Crippen LogP contribution in [0.1, 0.15) is 43.9 Å². The number of ether oxygens (including phenoxy) is 1. The van der Waals surface area contributed by atoms with E-state index in [0.717, 1.165) is 30.9 Å². The van der Waals surface area contributed by atoms with E-state index in [2.05, 4.69) is 31.3 Å². The number of nitrogens with one attached hydrogen (secondary N) is 1. The SMILES string of the molecule is CC(C)c1ccc(NC(=O)N(Cc2ccco2)C[C@H]2CCCO2)cc1. The molecule has 1 fully saturated rings. The number of hydrogen-bond donors (Lipinski definition) is 1. The summed E-state index contributed by atoms with van der Waals surface area (Å²) in [4.78, 5) is 14.5. The Morgan fingerprint density at radius 1 is 1.28 bits per heavy atom. The topological polar surface area (TPSA) is 54.7 Å². The molecule has 0 aliphatic carbocycles. The number of rotatable bonds is 6. The summed E-state index contributed by atoms with van der Waals surface area (Å²) < 4.78 is 11.1. The van der Waals surface area contributed by atoms with Gasteiger partial charge in [-0.1, -0.05) is 26.0 Å². The fourth-order valence-electron chi connectivity index (χ4n) is 3.00. The highest BCUT2D eigenvalue weighted by molar-refractivity contribution is 5.89. The van der Waals surface area contributed by atoms with E-state index < -0.39 is 0 Å². The molecule has 1 aliphatic rings. The van der Waals surface area contributed by atoms with Crippen LogP contribution in [0.25, 0.3) is 0 Å². The molecule has 0 radical (unpaired) electrons. The quantitative estimate of drug-likeness (QED) is 0.833. The van der Waals surface area contributed by atoms with E-state index in [1.54, 1.807) is 11.2 Å². The molecule has 5 nitrogen and oxygen atoms in total. The minimum atomic E-state index is -0.135. The van der Waals surface area contributed by atoms with Crippen molar-refractivity contribution in [1.82, 2.24) is 4.90 Å². The van der Waals surface area contributed by atoms with E-state index >= 15 is 0 Å². The molecule has 25 heavy (non-hydrogen) atoms. The first-order valence-corrected chi connectivity index (χ1v) is 8.91. The van der Waals surface area contributed by atoms with Crippen LogP contribution in [0.15, 0.2) is 47.1 Å². The van der Waals surface area contributed by atoms with Gasteiger partial charge < -0.3 is 19.4 Å². The van der Waals surface area contributed by atoms with Gasteiger partial charge in [0.2, 0.25) is 0 Å². The summed E-state index contributed by atoms with van der Waals surface area (Å²) >= 11 is 0. The van der Waals surface area contributed by atoms with Gasteiger partial charge in [0.25, 0.3) is 0 Å². The Morgan fingerprint density at radius 2 is 2.08 bits per heavy atom. The van der Waals surface area contributed by atoms with Crippen molar-refractivity contribution in [2.45, 2.75) is 45.3 Å². The van der Waals surface area contributed by atoms with Gasteiger partial charge in [-0.2, -0.15) is 0 Å². The Hall–Kier alpha value is -2.27. The number of carbonyl (C=O) groups excluding carboxylic acids is 1. The summed E-state index contributed by atoms with van der Waals surface area (Å²) in [6.45, 7) is 6.08. The number of benzene rings is 1. The van der Waals surface area contributed by atoms with Crippen molar-refractivity contribution in [3.05, 3.63) is 54.0 Å². The van der Waals surface area contributed by atoms with Gasteiger partial charge in [-0.15, -0.1) is 0 Å². The lowest BCUT2D eigenvalue weighted by Crippen LogP contribution is -2.39. The van der Waals surface area contributed by atoms with E-state index in [0.29, 0.717) is 19.0 Å². The van der Waals surface area contributed by atoms with Gasteiger partial charge in [0.05, 0.1) is 18.9 Å². The maximum absolute atomic E-state index is 12.8. The van der Waals surface area contributed by atoms with E-state index in [4.69, 9.17) is 9.15 Å². The molecule has 1 aromatic heterocycles. The van der Waals surface area contributed by atoms with Crippen molar-refractivity contribution >= 4 is 11.7 Å². The highest BCUT2D eigenvalue weighted by Gasteiger charge is 2.23. The van der Waals surface area contributed by atoms with Crippen LogP contribution in [0.5, 0.6) is 0 Å². The second-order valence-corrected chi connectivity index (χ2v) is 6.80. The standard InChI is InChI=1S/C20H26N2O3/c1-15(2)16-7-9-17(10-8-16)21-20(23)22(13-18-5-3-11-24-18)14-19-6-4-12-25-19/h3,5,7-11,15,19H,4,6,12-14H2,1-2H3,(H,21,23)/t19-/m1/s1. The molecule has 1 N–H and O–H groups in total. The summed E-state index contributed by atoms with van der Waals surface area (Å²) in [5.41, 5.74) is 2.05. The van der Waals surface area contributed by atoms with E-state index in [1.165, 1.54) is 5.56 Å². The smallest absolute Gasteiger partial charge is 0.322 e. The van der Waals surface area contributed by atoms with Gasteiger partial charge >= 0.3 is 6.03 Å². The van der Waals surface area contributed by atoms with Gasteiger partial charge in [0.1, 0.15) is 5.76 Å². The molecule has 1 aliphatic heterocycles. The maximum Gasteiger partial charge on any atom is 0.322 e. The lowest BCUT2D eigenvalue weighted by Gasteiger charge is -2.25. The highest BCUT2D eigenvalue weighted by atomic mass is 16.5. The first-order chi connectivity index (χ1) is 12.1. The molecular weight excluding hydrogens is 316 g/mol. The number of nitrogens with zero attached hydrogens (tertiary/aromatic N) is 1. The number of amides is 2. The molecule has 0 unspecified atom stereocenters. The monoisotopic (exact) mass is 342 g/mol. The zero-order chi connectivity index (χ0) is 17.6. The first kappa shape index (κ1) is 17.5. The minimum absolute atomic E-state index is 0.101. The number of anilines is 1. The lowest BCUT2D eigenvalue weighted by atomic mass is 10.0. The van der Waals surface area contributed by atoms with Crippen LogP contribution in [0.2, 0.25) is 0 Å². The molecule has 5 heteroatoms. The van der Waals surface area contributed by atoms with E-state index in [9.17, 15) is 4.79 Å². The molecule has 0 bridgehead atoms. The maximum atomic E-state index is 12.8. The summed E-state index contributed by atoms with van der Waals surface area (Å²) in [5.74, 6) is 1.24. The largest absolute Gasteiger partial charge is 0.467 e. The molecule has 0 saturated carbocycles. The lowest BCUT2D eigenvalue weighted by molar-refractivity contribution is 0.0803. The molecule has 3 rings (SSSR count). The van der Waals surface area contributed by atoms with E-state index in [-0.39, 0.29) is 12.1 Å². The predicted molar refractivity (Wildman–Crippen MR) is 97.6 cm³/mol. The average Bonchev–Trinajstić information content (AvgIpc) is 3.28. The van der Waals surface area contributed by atoms with Crippen LogP contribution in [0, 0.1) is 0 Å². The van der Waals surface area contributed by atoms with Crippen LogP contribution in [-0.2, 0) is 11.3 Å². The molecule has 1 atom stereocenters. The fraction of sp³-hybridized carbons (Fsp3) is 0.450. The second kappa shape index (κ2) is 8.21. The number of carbonyl (C=O) groups is 1. The normalized spacial score (nSPS) is 17.0. The minimum Gasteiger partial charge on any atom is -0.467 e. The Balaban J connectivity index is 1.66. The zero-order valence-corrected chi connectivity index (χ0v) is 14.9. The van der Waals surface area contributed by atoms with Crippen molar-refractivity contribution < 1.29 is 13.9 Å². The Morgan fingerprint density at radius 3 is 2.68 bits per heavy atom. The average molecular weight is 342 g/mol. The third kappa shape index (κ3) is 4.86. The van der Waals surface area contributed by atoms with Crippen LogP contribution >= 0.6 is 0 Å². The predicted octanol–water partition coefficient (Wildman–Crippen LogP) is 4.62. The van der Waals surface area contributed by atoms with Crippen LogP contribution in [0.4, 0.5) is 10.5 Å². The zero-order valence-electron chi connectivity index (χ0n) is 14.9. The summed E-state index contributed by atoms with van der Waals surface area (Å²) in [7, 11) is 0. The van der Waals surface area contributed by atoms with Crippen LogP contribution < -0.4 is 5.32 Å². The van der Waals surface area contributed by atoms with Gasteiger partial charge in [-0.3, -0.25) is 0 Å². The van der Waals surface area contributed by atoms with Crippen LogP contribution in [-0.4, -0.2) is 30.2 Å². The number of hydrogen-bond acceptors (Lipinski definition) is 3. The van der Waals surface area contributed by atoms with Crippen molar-refractivity contribution in [2.24, 2.45) is 0 Å². The molecular formula is C20H26N2O3. The Kier molecular flexibility index (Phi) is 5.76. The fourth-order valence-corrected chi connectivity index (χ4v) is 3.00. The third-order valence-electron chi connectivity index (χ3n) is 4.49. The Bertz CT molecular complexity index is 659. The second-order valence-electron chi connectivity index (χ2n) is 6.80. The van der Waals surface area contributed by atoms with Gasteiger partial charge in [0.15, 0.2) is 0 Å².